The zero-order chi connectivity index (χ0) is 17.6. The predicted molar refractivity (Wildman–Crippen MR) is 96.5 cm³/mol. The van der Waals surface area contributed by atoms with Gasteiger partial charge in [0.1, 0.15) is 0 Å². The highest BCUT2D eigenvalue weighted by molar-refractivity contribution is 7.89. The molecule has 134 valence electrons. The van der Waals surface area contributed by atoms with E-state index >= 15 is 0 Å². The van der Waals surface area contributed by atoms with Crippen LogP contribution in [0, 0.1) is 5.92 Å². The molecule has 1 aromatic rings. The van der Waals surface area contributed by atoms with E-state index in [1.807, 2.05) is 24.3 Å². The van der Waals surface area contributed by atoms with E-state index in [9.17, 15) is 13.2 Å². The molecule has 5 nitrogen and oxygen atoms in total. The number of hydrogen-bond acceptors (Lipinski definition) is 3. The second kappa shape index (κ2) is 8.83. The van der Waals surface area contributed by atoms with Crippen LogP contribution in [0.4, 0.5) is 0 Å². The van der Waals surface area contributed by atoms with Crippen LogP contribution in [0.3, 0.4) is 0 Å². The maximum Gasteiger partial charge on any atom is 0.224 e. The number of sulfonamides is 1. The summed E-state index contributed by atoms with van der Waals surface area (Å²) in [5.41, 5.74) is 1.08. The van der Waals surface area contributed by atoms with Crippen molar-refractivity contribution in [2.24, 2.45) is 5.92 Å². The van der Waals surface area contributed by atoms with E-state index < -0.39 is 10.0 Å². The number of rotatable bonds is 7. The van der Waals surface area contributed by atoms with Gasteiger partial charge in [0.05, 0.1) is 11.7 Å². The van der Waals surface area contributed by atoms with Crippen molar-refractivity contribution < 1.29 is 13.2 Å². The lowest BCUT2D eigenvalue weighted by Crippen LogP contribution is -2.46. The van der Waals surface area contributed by atoms with Crippen molar-refractivity contribution in [3.8, 4) is 0 Å². The Morgan fingerprint density at radius 2 is 2.12 bits per heavy atom. The predicted octanol–water partition coefficient (Wildman–Crippen LogP) is 2.45. The van der Waals surface area contributed by atoms with E-state index in [1.165, 1.54) is 4.31 Å². The van der Waals surface area contributed by atoms with Crippen LogP contribution in [0.1, 0.15) is 31.7 Å². The number of halogens is 1. The molecular formula is C17H25ClN2O3S. The summed E-state index contributed by atoms with van der Waals surface area (Å²) in [6.07, 6.45) is 3.09. The van der Waals surface area contributed by atoms with Gasteiger partial charge in [-0.1, -0.05) is 29.8 Å². The summed E-state index contributed by atoms with van der Waals surface area (Å²) in [4.78, 5) is 12.3. The molecule has 0 bridgehead atoms. The normalized spacial score (nSPS) is 19.2. The molecule has 24 heavy (non-hydrogen) atoms. The van der Waals surface area contributed by atoms with Crippen LogP contribution in [-0.2, 0) is 21.2 Å². The number of hydrogen-bond donors (Lipinski definition) is 1. The fourth-order valence-corrected chi connectivity index (χ4v) is 4.34. The summed E-state index contributed by atoms with van der Waals surface area (Å²) in [5.74, 6) is -0.218. The second-order valence-electron chi connectivity index (χ2n) is 6.08. The topological polar surface area (TPSA) is 66.5 Å². The van der Waals surface area contributed by atoms with E-state index in [1.54, 1.807) is 6.92 Å². The summed E-state index contributed by atoms with van der Waals surface area (Å²) < 4.78 is 25.4. The monoisotopic (exact) mass is 372 g/mol. The van der Waals surface area contributed by atoms with E-state index in [-0.39, 0.29) is 17.6 Å². The van der Waals surface area contributed by atoms with Crippen LogP contribution in [0.2, 0.25) is 5.02 Å². The molecule has 1 N–H and O–H groups in total. The van der Waals surface area contributed by atoms with Crippen LogP contribution >= 0.6 is 11.6 Å². The molecule has 1 aliphatic heterocycles. The molecule has 0 spiro atoms. The van der Waals surface area contributed by atoms with Gasteiger partial charge in [-0.15, -0.1) is 0 Å². The Bertz CT molecular complexity index is 664. The number of piperidine rings is 1. The zero-order valence-electron chi connectivity index (χ0n) is 14.0. The lowest BCUT2D eigenvalue weighted by atomic mass is 9.99. The van der Waals surface area contributed by atoms with Gasteiger partial charge in [0, 0.05) is 24.7 Å². The number of benzene rings is 1. The van der Waals surface area contributed by atoms with Gasteiger partial charge in [-0.25, -0.2) is 12.7 Å². The van der Waals surface area contributed by atoms with Crippen molar-refractivity contribution in [2.75, 3.05) is 25.4 Å². The maximum absolute atomic E-state index is 12.3. The van der Waals surface area contributed by atoms with Crippen molar-refractivity contribution in [3.63, 3.8) is 0 Å². The van der Waals surface area contributed by atoms with Gasteiger partial charge in [0.15, 0.2) is 0 Å². The molecule has 0 aliphatic carbocycles. The Morgan fingerprint density at radius 1 is 1.38 bits per heavy atom. The van der Waals surface area contributed by atoms with Crippen molar-refractivity contribution >= 4 is 27.5 Å². The molecule has 1 atom stereocenters. The number of nitrogens with zero attached hydrogens (tertiary/aromatic N) is 1. The average Bonchev–Trinajstić information content (AvgIpc) is 2.60. The molecule has 1 heterocycles. The van der Waals surface area contributed by atoms with Crippen LogP contribution in [0.15, 0.2) is 24.3 Å². The molecule has 1 amide bonds. The van der Waals surface area contributed by atoms with Crippen molar-refractivity contribution in [1.29, 1.82) is 0 Å². The maximum atomic E-state index is 12.3. The molecule has 1 aliphatic rings. The van der Waals surface area contributed by atoms with Gasteiger partial charge < -0.3 is 5.32 Å². The second-order valence-corrected chi connectivity index (χ2v) is 8.75. The lowest BCUT2D eigenvalue weighted by Gasteiger charge is -2.30. The zero-order valence-corrected chi connectivity index (χ0v) is 15.6. The standard InChI is InChI=1S/C17H25ClN2O3S/c1-2-24(22,23)20-12-6-9-15(13-20)17(21)19-11-5-8-14-7-3-4-10-16(14)18/h3-4,7,10,15H,2,5-6,8-9,11-13H2,1H3,(H,19,21). The molecule has 7 heteroatoms. The van der Waals surface area contributed by atoms with Crippen molar-refractivity contribution in [3.05, 3.63) is 34.9 Å². The van der Waals surface area contributed by atoms with Crippen LogP contribution in [0.25, 0.3) is 0 Å². The van der Waals surface area contributed by atoms with E-state index in [0.717, 1.165) is 36.3 Å². The summed E-state index contributed by atoms with van der Waals surface area (Å²) in [6.45, 7) is 3.02. The first-order valence-electron chi connectivity index (χ1n) is 8.43. The van der Waals surface area contributed by atoms with Gasteiger partial charge in [-0.2, -0.15) is 0 Å². The third-order valence-electron chi connectivity index (χ3n) is 4.39. The minimum Gasteiger partial charge on any atom is -0.356 e. The highest BCUT2D eigenvalue weighted by Crippen LogP contribution is 2.20. The van der Waals surface area contributed by atoms with Gasteiger partial charge in [0.2, 0.25) is 15.9 Å². The lowest BCUT2D eigenvalue weighted by molar-refractivity contribution is -0.126. The fraction of sp³-hybridized carbons (Fsp3) is 0.588. The molecule has 2 rings (SSSR count). The molecule has 0 radical (unpaired) electrons. The fourth-order valence-electron chi connectivity index (χ4n) is 2.93. The van der Waals surface area contributed by atoms with Gasteiger partial charge >= 0.3 is 0 Å². The first kappa shape index (κ1) is 19.2. The number of carbonyl (C=O) groups excluding carboxylic acids is 1. The van der Waals surface area contributed by atoms with Crippen LogP contribution in [0.5, 0.6) is 0 Å². The number of nitrogens with one attached hydrogen (secondary N) is 1. The number of amides is 1. The first-order chi connectivity index (χ1) is 11.4. The highest BCUT2D eigenvalue weighted by Gasteiger charge is 2.31. The van der Waals surface area contributed by atoms with Crippen LogP contribution < -0.4 is 5.32 Å². The molecule has 1 unspecified atom stereocenters. The Morgan fingerprint density at radius 3 is 2.83 bits per heavy atom. The number of carbonyl (C=O) groups is 1. The minimum atomic E-state index is -3.21. The van der Waals surface area contributed by atoms with Crippen molar-refractivity contribution in [1.82, 2.24) is 9.62 Å². The Hall–Kier alpha value is -1.11. The van der Waals surface area contributed by atoms with Gasteiger partial charge in [0.25, 0.3) is 0 Å². The molecule has 0 aromatic heterocycles. The molecule has 1 fully saturated rings. The third kappa shape index (κ3) is 5.19. The summed E-state index contributed by atoms with van der Waals surface area (Å²) in [7, 11) is -3.21. The molecule has 0 saturated carbocycles. The smallest absolute Gasteiger partial charge is 0.224 e. The molecule has 1 saturated heterocycles. The van der Waals surface area contributed by atoms with E-state index in [4.69, 9.17) is 11.6 Å². The Balaban J connectivity index is 1.77. The van der Waals surface area contributed by atoms with Gasteiger partial charge in [-0.3, -0.25) is 4.79 Å². The van der Waals surface area contributed by atoms with Crippen LogP contribution in [-0.4, -0.2) is 44.0 Å². The first-order valence-corrected chi connectivity index (χ1v) is 10.4. The summed E-state index contributed by atoms with van der Waals surface area (Å²) in [5, 5.41) is 3.68. The Labute approximate surface area is 149 Å². The summed E-state index contributed by atoms with van der Waals surface area (Å²) in [6, 6.07) is 7.69. The third-order valence-corrected chi connectivity index (χ3v) is 6.61. The molecular weight excluding hydrogens is 348 g/mol. The molecule has 1 aromatic carbocycles. The number of aryl methyl sites for hydroxylation is 1. The summed E-state index contributed by atoms with van der Waals surface area (Å²) >= 11 is 6.11. The highest BCUT2D eigenvalue weighted by atomic mass is 35.5. The Kier molecular flexibility index (Phi) is 7.07. The minimum absolute atomic E-state index is 0.0508. The quantitative estimate of drug-likeness (QED) is 0.747. The van der Waals surface area contributed by atoms with E-state index in [0.29, 0.717) is 19.6 Å². The van der Waals surface area contributed by atoms with E-state index in [2.05, 4.69) is 5.32 Å². The van der Waals surface area contributed by atoms with Gasteiger partial charge in [-0.05, 0) is 44.2 Å². The largest absolute Gasteiger partial charge is 0.356 e. The van der Waals surface area contributed by atoms with Crippen molar-refractivity contribution in [2.45, 2.75) is 32.6 Å². The average molecular weight is 373 g/mol. The SMILES string of the molecule is CCS(=O)(=O)N1CCCC(C(=O)NCCCc2ccccc2Cl)C1.